The van der Waals surface area contributed by atoms with Gasteiger partial charge in [0.25, 0.3) is 5.91 Å². The normalized spacial score (nSPS) is 15.2. The Morgan fingerprint density at radius 3 is 2.64 bits per heavy atom. The highest BCUT2D eigenvalue weighted by Gasteiger charge is 2.25. The van der Waals surface area contributed by atoms with Crippen molar-refractivity contribution in [3.05, 3.63) is 58.4 Å². The lowest BCUT2D eigenvalue weighted by atomic mass is 10.1. The molecule has 2 aliphatic heterocycles. The molecule has 28 heavy (non-hydrogen) atoms. The SMILES string of the molecule is O=C(Nc1c(N2CCCC2)c2ccccc2oc1=O)c1ccc2c(c1)OCO2. The molecule has 1 fully saturated rings. The molecule has 1 N–H and O–H groups in total. The molecule has 1 aromatic heterocycles. The number of hydrogen-bond donors (Lipinski definition) is 1. The molecule has 3 aromatic rings. The molecule has 1 amide bonds. The Morgan fingerprint density at radius 1 is 1.00 bits per heavy atom. The number of ether oxygens (including phenoxy) is 2. The molecule has 3 heterocycles. The van der Waals surface area contributed by atoms with Gasteiger partial charge in [0.2, 0.25) is 6.79 Å². The van der Waals surface area contributed by atoms with Crippen LogP contribution in [0.25, 0.3) is 11.0 Å². The first kappa shape index (κ1) is 16.7. The number of amides is 1. The van der Waals surface area contributed by atoms with Crippen LogP contribution < -0.4 is 25.3 Å². The quantitative estimate of drug-likeness (QED) is 0.704. The molecular formula is C21H18N2O5. The fourth-order valence-electron chi connectivity index (χ4n) is 3.74. The van der Waals surface area contributed by atoms with E-state index in [2.05, 4.69) is 10.2 Å². The molecule has 2 aromatic carbocycles. The van der Waals surface area contributed by atoms with Crippen molar-refractivity contribution in [1.29, 1.82) is 0 Å². The van der Waals surface area contributed by atoms with Gasteiger partial charge in [-0.05, 0) is 43.2 Å². The van der Waals surface area contributed by atoms with Gasteiger partial charge < -0.3 is 24.1 Å². The summed E-state index contributed by atoms with van der Waals surface area (Å²) >= 11 is 0. The number of benzene rings is 2. The summed E-state index contributed by atoms with van der Waals surface area (Å²) in [4.78, 5) is 27.7. The van der Waals surface area contributed by atoms with E-state index in [0.717, 1.165) is 37.0 Å². The van der Waals surface area contributed by atoms with Crippen LogP contribution in [0.2, 0.25) is 0 Å². The molecule has 0 bridgehead atoms. The zero-order chi connectivity index (χ0) is 19.1. The van der Waals surface area contributed by atoms with Gasteiger partial charge in [-0.2, -0.15) is 0 Å². The Balaban J connectivity index is 1.58. The molecule has 1 saturated heterocycles. The van der Waals surface area contributed by atoms with Crippen LogP contribution in [0.15, 0.2) is 51.7 Å². The van der Waals surface area contributed by atoms with Crippen LogP contribution in [0.4, 0.5) is 11.4 Å². The first-order chi connectivity index (χ1) is 13.7. The largest absolute Gasteiger partial charge is 0.454 e. The predicted molar refractivity (Wildman–Crippen MR) is 104 cm³/mol. The summed E-state index contributed by atoms with van der Waals surface area (Å²) in [7, 11) is 0. The van der Waals surface area contributed by atoms with Crippen molar-refractivity contribution in [3.8, 4) is 11.5 Å². The molecule has 0 saturated carbocycles. The van der Waals surface area contributed by atoms with Gasteiger partial charge >= 0.3 is 5.63 Å². The highest BCUT2D eigenvalue weighted by Crippen LogP contribution is 2.35. The number of carbonyl (C=O) groups is 1. The zero-order valence-electron chi connectivity index (χ0n) is 15.1. The van der Waals surface area contributed by atoms with Gasteiger partial charge in [-0.25, -0.2) is 4.79 Å². The van der Waals surface area contributed by atoms with Crippen LogP contribution >= 0.6 is 0 Å². The van der Waals surface area contributed by atoms with E-state index in [-0.39, 0.29) is 12.5 Å². The Hall–Kier alpha value is -3.48. The minimum absolute atomic E-state index is 0.133. The molecule has 0 radical (unpaired) electrons. The van der Waals surface area contributed by atoms with E-state index < -0.39 is 11.5 Å². The lowest BCUT2D eigenvalue weighted by Gasteiger charge is -2.22. The van der Waals surface area contributed by atoms with Crippen LogP contribution in [0.5, 0.6) is 11.5 Å². The third-order valence-corrected chi connectivity index (χ3v) is 5.08. The van der Waals surface area contributed by atoms with E-state index in [1.165, 1.54) is 0 Å². The lowest BCUT2D eigenvalue weighted by molar-refractivity contribution is 0.102. The van der Waals surface area contributed by atoms with Crippen LogP contribution in [0.1, 0.15) is 23.2 Å². The molecule has 0 unspecified atom stereocenters. The van der Waals surface area contributed by atoms with Gasteiger partial charge in [-0.15, -0.1) is 0 Å². The minimum Gasteiger partial charge on any atom is -0.454 e. The molecular weight excluding hydrogens is 360 g/mol. The number of para-hydroxylation sites is 1. The Kier molecular flexibility index (Phi) is 3.93. The smallest absolute Gasteiger partial charge is 0.362 e. The van der Waals surface area contributed by atoms with E-state index in [4.69, 9.17) is 13.9 Å². The Morgan fingerprint density at radius 2 is 1.79 bits per heavy atom. The van der Waals surface area contributed by atoms with Crippen molar-refractivity contribution in [2.24, 2.45) is 0 Å². The fraction of sp³-hybridized carbons (Fsp3) is 0.238. The molecule has 0 aliphatic carbocycles. The van der Waals surface area contributed by atoms with Crippen LogP contribution in [0, 0.1) is 0 Å². The minimum atomic E-state index is -0.560. The van der Waals surface area contributed by atoms with E-state index >= 15 is 0 Å². The lowest BCUT2D eigenvalue weighted by Crippen LogP contribution is -2.25. The Labute approximate surface area is 160 Å². The van der Waals surface area contributed by atoms with Crippen molar-refractivity contribution in [2.45, 2.75) is 12.8 Å². The topological polar surface area (TPSA) is 81.0 Å². The average molecular weight is 378 g/mol. The summed E-state index contributed by atoms with van der Waals surface area (Å²) < 4.78 is 16.1. The fourth-order valence-corrected chi connectivity index (χ4v) is 3.74. The highest BCUT2D eigenvalue weighted by atomic mass is 16.7. The molecule has 7 nitrogen and oxygen atoms in total. The molecule has 0 atom stereocenters. The summed E-state index contributed by atoms with van der Waals surface area (Å²) in [6, 6.07) is 12.3. The summed E-state index contributed by atoms with van der Waals surface area (Å²) in [5, 5.41) is 3.58. The maximum atomic E-state index is 12.9. The van der Waals surface area contributed by atoms with Crippen molar-refractivity contribution >= 4 is 28.3 Å². The summed E-state index contributed by atoms with van der Waals surface area (Å²) in [5.74, 6) is 0.707. The summed E-state index contributed by atoms with van der Waals surface area (Å²) in [6.07, 6.45) is 2.09. The molecule has 2 aliphatic rings. The highest BCUT2D eigenvalue weighted by molar-refractivity contribution is 6.09. The third-order valence-electron chi connectivity index (χ3n) is 5.08. The second-order valence-electron chi connectivity index (χ2n) is 6.83. The van der Waals surface area contributed by atoms with Crippen molar-refractivity contribution < 1.29 is 18.7 Å². The zero-order valence-corrected chi connectivity index (χ0v) is 15.1. The number of nitrogens with one attached hydrogen (secondary N) is 1. The third kappa shape index (κ3) is 2.76. The maximum Gasteiger partial charge on any atom is 0.362 e. The molecule has 7 heteroatoms. The van der Waals surface area contributed by atoms with Crippen LogP contribution in [-0.4, -0.2) is 25.8 Å². The number of carbonyl (C=O) groups excluding carboxylic acids is 1. The van der Waals surface area contributed by atoms with Crippen molar-refractivity contribution in [3.63, 3.8) is 0 Å². The first-order valence-electron chi connectivity index (χ1n) is 9.22. The van der Waals surface area contributed by atoms with E-state index in [1.54, 1.807) is 24.3 Å². The number of hydrogen-bond acceptors (Lipinski definition) is 6. The summed E-state index contributed by atoms with van der Waals surface area (Å²) in [5.41, 5.74) is 1.22. The number of rotatable bonds is 3. The first-order valence-corrected chi connectivity index (χ1v) is 9.22. The number of nitrogens with zero attached hydrogens (tertiary/aromatic N) is 1. The van der Waals surface area contributed by atoms with Gasteiger partial charge in [-0.3, -0.25) is 4.79 Å². The van der Waals surface area contributed by atoms with E-state index in [0.29, 0.717) is 22.6 Å². The van der Waals surface area contributed by atoms with E-state index in [1.807, 2.05) is 18.2 Å². The summed E-state index contributed by atoms with van der Waals surface area (Å²) in [6.45, 7) is 1.80. The maximum absolute atomic E-state index is 12.9. The standard InChI is InChI=1S/C21H18N2O5/c24-20(13-7-8-16-17(11-13)27-12-26-16)22-18-19(23-9-3-4-10-23)14-5-1-2-6-15(14)28-21(18)25/h1-2,5-8,11H,3-4,9-10,12H2,(H,22,24). The second-order valence-corrected chi connectivity index (χ2v) is 6.83. The van der Waals surface area contributed by atoms with Gasteiger partial charge in [0.05, 0.1) is 5.69 Å². The van der Waals surface area contributed by atoms with Crippen LogP contribution in [-0.2, 0) is 0 Å². The van der Waals surface area contributed by atoms with Crippen LogP contribution in [0.3, 0.4) is 0 Å². The van der Waals surface area contributed by atoms with Gasteiger partial charge in [0.15, 0.2) is 17.2 Å². The van der Waals surface area contributed by atoms with Gasteiger partial charge in [0.1, 0.15) is 5.58 Å². The Bertz CT molecular complexity index is 1130. The predicted octanol–water partition coefficient (Wildman–Crippen LogP) is 3.37. The molecule has 0 spiro atoms. The molecule has 5 rings (SSSR count). The average Bonchev–Trinajstić information content (AvgIpc) is 3.39. The molecule has 142 valence electrons. The second kappa shape index (κ2) is 6.60. The van der Waals surface area contributed by atoms with Crippen molar-refractivity contribution in [1.82, 2.24) is 0 Å². The monoisotopic (exact) mass is 378 g/mol. The van der Waals surface area contributed by atoms with Gasteiger partial charge in [-0.1, -0.05) is 12.1 Å². The van der Waals surface area contributed by atoms with E-state index in [9.17, 15) is 9.59 Å². The van der Waals surface area contributed by atoms with Crippen molar-refractivity contribution in [2.75, 3.05) is 30.1 Å². The number of fused-ring (bicyclic) bond motifs is 2. The van der Waals surface area contributed by atoms with Gasteiger partial charge in [0, 0.05) is 24.0 Å². The number of anilines is 2.